The lowest BCUT2D eigenvalue weighted by molar-refractivity contribution is 0.251. The van der Waals surface area contributed by atoms with Crippen molar-refractivity contribution in [3.8, 4) is 0 Å². The van der Waals surface area contributed by atoms with Gasteiger partial charge in [-0.1, -0.05) is 12.1 Å². The van der Waals surface area contributed by atoms with Crippen LogP contribution >= 0.6 is 23.1 Å². The molecule has 4 rings (SSSR count). The largest absolute Gasteiger partial charge is 0.370 e. The van der Waals surface area contributed by atoms with E-state index in [1.807, 2.05) is 36.9 Å². The number of thioether (sulfide) groups is 1. The third kappa shape index (κ3) is 4.54. The summed E-state index contributed by atoms with van der Waals surface area (Å²) in [7, 11) is 0. The Bertz CT molecular complexity index is 933. The van der Waals surface area contributed by atoms with E-state index in [-0.39, 0.29) is 6.03 Å². The molecule has 0 radical (unpaired) electrons. The molecule has 1 aromatic heterocycles. The predicted octanol–water partition coefficient (Wildman–Crippen LogP) is 4.48. The summed E-state index contributed by atoms with van der Waals surface area (Å²) in [5.74, 6) is 2.38. The number of aryl methyl sites for hydroxylation is 1. The summed E-state index contributed by atoms with van der Waals surface area (Å²) < 4.78 is 1.08. The summed E-state index contributed by atoms with van der Waals surface area (Å²) in [4.78, 5) is 19.0. The average molecular weight is 399 g/mol. The van der Waals surface area contributed by atoms with E-state index in [0.29, 0.717) is 6.54 Å². The maximum Gasteiger partial charge on any atom is 0.319 e. The SMILES string of the molecule is Cc1nc2ccc(NC(=O)NCc3ccc(N4CCSCC4)cc3)cc2s1. The minimum atomic E-state index is -0.201. The Morgan fingerprint density at radius 1 is 1.15 bits per heavy atom. The fraction of sp³-hybridized carbons (Fsp3) is 0.300. The number of hydrogen-bond acceptors (Lipinski definition) is 5. The van der Waals surface area contributed by atoms with Crippen LogP contribution in [0, 0.1) is 6.92 Å². The van der Waals surface area contributed by atoms with Crippen LogP contribution in [0.1, 0.15) is 10.6 Å². The number of carbonyl (C=O) groups is 1. The summed E-state index contributed by atoms with van der Waals surface area (Å²) in [5, 5.41) is 6.84. The first-order chi connectivity index (χ1) is 13.2. The van der Waals surface area contributed by atoms with E-state index in [1.54, 1.807) is 11.3 Å². The van der Waals surface area contributed by atoms with Crippen LogP contribution in [0.5, 0.6) is 0 Å². The molecular weight excluding hydrogens is 376 g/mol. The minimum Gasteiger partial charge on any atom is -0.370 e. The Labute approximate surface area is 167 Å². The van der Waals surface area contributed by atoms with Crippen LogP contribution in [0.15, 0.2) is 42.5 Å². The highest BCUT2D eigenvalue weighted by molar-refractivity contribution is 7.99. The van der Waals surface area contributed by atoms with Gasteiger partial charge in [0.2, 0.25) is 0 Å². The van der Waals surface area contributed by atoms with Crippen LogP contribution in [0.3, 0.4) is 0 Å². The third-order valence-electron chi connectivity index (χ3n) is 4.52. The van der Waals surface area contributed by atoms with Crippen molar-refractivity contribution in [2.75, 3.05) is 34.8 Å². The van der Waals surface area contributed by atoms with E-state index in [9.17, 15) is 4.79 Å². The molecule has 0 unspecified atom stereocenters. The monoisotopic (exact) mass is 398 g/mol. The number of aromatic nitrogens is 1. The van der Waals surface area contributed by atoms with Gasteiger partial charge in [0, 0.05) is 42.5 Å². The van der Waals surface area contributed by atoms with Crippen molar-refractivity contribution >= 4 is 50.7 Å². The zero-order valence-electron chi connectivity index (χ0n) is 15.2. The van der Waals surface area contributed by atoms with Gasteiger partial charge in [0.15, 0.2) is 0 Å². The van der Waals surface area contributed by atoms with Crippen LogP contribution < -0.4 is 15.5 Å². The van der Waals surface area contributed by atoms with E-state index >= 15 is 0 Å². The Hall–Kier alpha value is -2.25. The lowest BCUT2D eigenvalue weighted by Gasteiger charge is -2.28. The zero-order valence-corrected chi connectivity index (χ0v) is 16.8. The number of anilines is 2. The molecule has 0 bridgehead atoms. The standard InChI is InChI=1S/C20H22N4OS2/c1-14-22-18-7-4-16(12-19(18)27-14)23-20(25)21-13-15-2-5-17(6-3-15)24-8-10-26-11-9-24/h2-7,12H,8-11,13H2,1H3,(H2,21,23,25). The first kappa shape index (κ1) is 18.1. The van der Waals surface area contributed by atoms with Crippen LogP contribution in [0.25, 0.3) is 10.2 Å². The molecule has 1 aliphatic rings. The van der Waals surface area contributed by atoms with Gasteiger partial charge in [0.1, 0.15) is 0 Å². The number of fused-ring (bicyclic) bond motifs is 1. The molecule has 140 valence electrons. The summed E-state index contributed by atoms with van der Waals surface area (Å²) in [5.41, 5.74) is 4.10. The molecule has 1 aliphatic heterocycles. The molecule has 3 aromatic rings. The molecule has 0 spiro atoms. The Morgan fingerprint density at radius 2 is 1.93 bits per heavy atom. The van der Waals surface area contributed by atoms with Crippen molar-refractivity contribution in [2.24, 2.45) is 0 Å². The van der Waals surface area contributed by atoms with Gasteiger partial charge in [-0.05, 0) is 42.8 Å². The van der Waals surface area contributed by atoms with Crippen molar-refractivity contribution in [1.29, 1.82) is 0 Å². The maximum absolute atomic E-state index is 12.2. The van der Waals surface area contributed by atoms with E-state index in [4.69, 9.17) is 0 Å². The topological polar surface area (TPSA) is 57.3 Å². The number of benzene rings is 2. The second kappa shape index (κ2) is 8.19. The molecule has 1 saturated heterocycles. The quantitative estimate of drug-likeness (QED) is 0.680. The number of thiazole rings is 1. The first-order valence-corrected chi connectivity index (χ1v) is 11.0. The normalized spacial score (nSPS) is 14.3. The Kier molecular flexibility index (Phi) is 5.50. The third-order valence-corrected chi connectivity index (χ3v) is 6.39. The highest BCUT2D eigenvalue weighted by Crippen LogP contribution is 2.24. The zero-order chi connectivity index (χ0) is 18.6. The molecule has 0 saturated carbocycles. The molecule has 0 atom stereocenters. The van der Waals surface area contributed by atoms with E-state index < -0.39 is 0 Å². The van der Waals surface area contributed by atoms with Crippen molar-refractivity contribution in [1.82, 2.24) is 10.3 Å². The molecule has 1 fully saturated rings. The Morgan fingerprint density at radius 3 is 2.70 bits per heavy atom. The molecule has 27 heavy (non-hydrogen) atoms. The second-order valence-electron chi connectivity index (χ2n) is 6.49. The summed E-state index contributed by atoms with van der Waals surface area (Å²) in [6.07, 6.45) is 0. The highest BCUT2D eigenvalue weighted by Gasteiger charge is 2.11. The van der Waals surface area contributed by atoms with Crippen molar-refractivity contribution in [3.05, 3.63) is 53.0 Å². The van der Waals surface area contributed by atoms with Gasteiger partial charge in [-0.3, -0.25) is 0 Å². The first-order valence-electron chi connectivity index (χ1n) is 9.01. The summed E-state index contributed by atoms with van der Waals surface area (Å²) in [6.45, 7) is 4.70. The van der Waals surface area contributed by atoms with Crippen LogP contribution in [0.2, 0.25) is 0 Å². The van der Waals surface area contributed by atoms with Crippen LogP contribution in [-0.2, 0) is 6.54 Å². The number of carbonyl (C=O) groups excluding carboxylic acids is 1. The number of nitrogens with zero attached hydrogens (tertiary/aromatic N) is 2. The van der Waals surface area contributed by atoms with Crippen molar-refractivity contribution in [2.45, 2.75) is 13.5 Å². The van der Waals surface area contributed by atoms with Gasteiger partial charge in [-0.15, -0.1) is 11.3 Å². The molecule has 2 aromatic carbocycles. The highest BCUT2D eigenvalue weighted by atomic mass is 32.2. The van der Waals surface area contributed by atoms with Gasteiger partial charge in [0.05, 0.1) is 15.2 Å². The molecule has 7 heteroatoms. The fourth-order valence-corrected chi connectivity index (χ4v) is 4.89. The number of urea groups is 1. The fourth-order valence-electron chi connectivity index (χ4n) is 3.12. The van der Waals surface area contributed by atoms with Gasteiger partial charge in [-0.2, -0.15) is 11.8 Å². The van der Waals surface area contributed by atoms with Crippen molar-refractivity contribution < 1.29 is 4.79 Å². The molecule has 5 nitrogen and oxygen atoms in total. The van der Waals surface area contributed by atoms with Crippen molar-refractivity contribution in [3.63, 3.8) is 0 Å². The molecule has 0 aliphatic carbocycles. The van der Waals surface area contributed by atoms with Crippen LogP contribution in [0.4, 0.5) is 16.2 Å². The molecule has 2 heterocycles. The van der Waals surface area contributed by atoms with Gasteiger partial charge in [0.25, 0.3) is 0 Å². The number of amides is 2. The second-order valence-corrected chi connectivity index (χ2v) is 8.95. The lowest BCUT2D eigenvalue weighted by atomic mass is 10.2. The van der Waals surface area contributed by atoms with E-state index in [0.717, 1.165) is 39.6 Å². The summed E-state index contributed by atoms with van der Waals surface area (Å²) in [6, 6.07) is 14.0. The lowest BCUT2D eigenvalue weighted by Crippen LogP contribution is -2.32. The average Bonchev–Trinajstić information content (AvgIpc) is 3.07. The smallest absolute Gasteiger partial charge is 0.319 e. The van der Waals surface area contributed by atoms with E-state index in [2.05, 4.69) is 44.8 Å². The van der Waals surface area contributed by atoms with Gasteiger partial charge in [-0.25, -0.2) is 9.78 Å². The summed E-state index contributed by atoms with van der Waals surface area (Å²) >= 11 is 3.64. The van der Waals surface area contributed by atoms with Gasteiger partial charge < -0.3 is 15.5 Å². The number of nitrogens with one attached hydrogen (secondary N) is 2. The minimum absolute atomic E-state index is 0.201. The molecular formula is C20H22N4OS2. The predicted molar refractivity (Wildman–Crippen MR) is 116 cm³/mol. The van der Waals surface area contributed by atoms with E-state index in [1.165, 1.54) is 17.2 Å². The van der Waals surface area contributed by atoms with Gasteiger partial charge >= 0.3 is 6.03 Å². The number of rotatable bonds is 4. The van der Waals surface area contributed by atoms with Crippen LogP contribution in [-0.4, -0.2) is 35.6 Å². The maximum atomic E-state index is 12.2. The Balaban J connectivity index is 1.31. The number of hydrogen-bond donors (Lipinski definition) is 2. The molecule has 2 N–H and O–H groups in total. The molecule has 2 amide bonds.